The van der Waals surface area contributed by atoms with E-state index in [4.69, 9.17) is 5.11 Å². The van der Waals surface area contributed by atoms with Crippen LogP contribution in [0.3, 0.4) is 0 Å². The number of aliphatic hydroxyl groups excluding tert-OH is 1. The highest BCUT2D eigenvalue weighted by molar-refractivity contribution is 5.77. The van der Waals surface area contributed by atoms with Crippen LogP contribution >= 0.6 is 0 Å². The molecule has 0 aliphatic carbocycles. The van der Waals surface area contributed by atoms with Crippen molar-refractivity contribution >= 4 is 17.6 Å². The average Bonchev–Trinajstić information content (AvgIpc) is 2.71. The molecule has 1 unspecified atom stereocenters. The zero-order valence-electron chi connectivity index (χ0n) is 17.7. The van der Waals surface area contributed by atoms with Gasteiger partial charge >= 0.3 is 5.97 Å². The standard InChI is InChI=1S/C22H31FN2O6/c23-19-8-6-9-20(25(30)31)18(19)15-17(26)13-12-16-7-5-10-21(27)24(16)14-4-2-1-3-11-22(28)29/h6,8-9,16-17,26H,1-5,7,10-15H2,(H,28,29)/t16-,17?/m1/s1. The summed E-state index contributed by atoms with van der Waals surface area (Å²) in [6.45, 7) is 0.603. The number of hydrogen-bond donors (Lipinski definition) is 2. The van der Waals surface area contributed by atoms with Gasteiger partial charge in [-0.1, -0.05) is 18.9 Å². The first-order valence-electron chi connectivity index (χ1n) is 10.9. The van der Waals surface area contributed by atoms with Gasteiger partial charge in [-0.25, -0.2) is 4.39 Å². The largest absolute Gasteiger partial charge is 0.481 e. The van der Waals surface area contributed by atoms with E-state index in [0.717, 1.165) is 38.2 Å². The van der Waals surface area contributed by atoms with Gasteiger partial charge in [-0.05, 0) is 44.6 Å². The van der Waals surface area contributed by atoms with Crippen LogP contribution in [0.5, 0.6) is 0 Å². The maximum Gasteiger partial charge on any atom is 0.303 e. The van der Waals surface area contributed by atoms with Crippen molar-refractivity contribution in [2.24, 2.45) is 0 Å². The van der Waals surface area contributed by atoms with Crippen molar-refractivity contribution in [2.45, 2.75) is 82.8 Å². The molecule has 2 N–H and O–H groups in total. The van der Waals surface area contributed by atoms with Gasteiger partial charge in [0.1, 0.15) is 5.82 Å². The average molecular weight is 438 g/mol. The summed E-state index contributed by atoms with van der Waals surface area (Å²) in [6.07, 6.45) is 5.13. The molecule has 0 bridgehead atoms. The lowest BCUT2D eigenvalue weighted by Gasteiger charge is -2.36. The van der Waals surface area contributed by atoms with Crippen LogP contribution in [0.25, 0.3) is 0 Å². The molecule has 31 heavy (non-hydrogen) atoms. The summed E-state index contributed by atoms with van der Waals surface area (Å²) in [5.74, 6) is -1.42. The summed E-state index contributed by atoms with van der Waals surface area (Å²) < 4.78 is 14.1. The number of nitrogens with zero attached hydrogens (tertiary/aromatic N) is 2. The quantitative estimate of drug-likeness (QED) is 0.274. The number of halogens is 1. The van der Waals surface area contributed by atoms with Crippen LogP contribution in [0.15, 0.2) is 18.2 Å². The Bertz CT molecular complexity index is 772. The minimum Gasteiger partial charge on any atom is -0.481 e. The van der Waals surface area contributed by atoms with Crippen molar-refractivity contribution in [3.63, 3.8) is 0 Å². The maximum absolute atomic E-state index is 14.1. The third-order valence-corrected chi connectivity index (χ3v) is 5.79. The molecule has 1 aromatic rings. The van der Waals surface area contributed by atoms with E-state index in [9.17, 15) is 29.2 Å². The summed E-state index contributed by atoms with van der Waals surface area (Å²) >= 11 is 0. The molecule has 8 nitrogen and oxygen atoms in total. The first-order valence-corrected chi connectivity index (χ1v) is 10.9. The SMILES string of the molecule is O=C(O)CCCCCCN1C(=O)CCC[C@@H]1CCC(O)Cc1c(F)cccc1[N+](=O)[O-]. The molecule has 0 saturated carbocycles. The van der Waals surface area contributed by atoms with Gasteiger partial charge < -0.3 is 15.1 Å². The summed E-state index contributed by atoms with van der Waals surface area (Å²) in [6, 6.07) is 3.64. The molecule has 0 spiro atoms. The first-order chi connectivity index (χ1) is 14.8. The molecule has 1 saturated heterocycles. The van der Waals surface area contributed by atoms with Crippen molar-refractivity contribution in [3.8, 4) is 0 Å². The third kappa shape index (κ3) is 7.90. The van der Waals surface area contributed by atoms with Gasteiger partial charge in [0.05, 0.1) is 16.6 Å². The van der Waals surface area contributed by atoms with E-state index in [1.807, 2.05) is 4.90 Å². The van der Waals surface area contributed by atoms with Crippen LogP contribution in [0, 0.1) is 15.9 Å². The first kappa shape index (κ1) is 24.7. The fourth-order valence-corrected chi connectivity index (χ4v) is 4.15. The Hall–Kier alpha value is -2.55. The molecule has 1 aromatic carbocycles. The Kier molecular flexibility index (Phi) is 9.84. The van der Waals surface area contributed by atoms with Crippen LogP contribution in [0.2, 0.25) is 0 Å². The number of hydrogen-bond acceptors (Lipinski definition) is 5. The number of piperidine rings is 1. The van der Waals surface area contributed by atoms with Crippen LogP contribution < -0.4 is 0 Å². The van der Waals surface area contributed by atoms with Crippen LogP contribution in [0.4, 0.5) is 10.1 Å². The topological polar surface area (TPSA) is 121 Å². The predicted molar refractivity (Wildman–Crippen MR) is 112 cm³/mol. The van der Waals surface area contributed by atoms with E-state index in [1.54, 1.807) is 0 Å². The van der Waals surface area contributed by atoms with Crippen LogP contribution in [0.1, 0.15) is 69.8 Å². The number of amides is 1. The zero-order valence-corrected chi connectivity index (χ0v) is 17.7. The second-order valence-electron chi connectivity index (χ2n) is 8.12. The molecule has 2 atom stereocenters. The van der Waals surface area contributed by atoms with Crippen molar-refractivity contribution in [1.82, 2.24) is 4.90 Å². The molecule has 0 radical (unpaired) electrons. The number of benzene rings is 1. The molecule has 0 aromatic heterocycles. The minimum atomic E-state index is -0.939. The summed E-state index contributed by atoms with van der Waals surface area (Å²) in [5.41, 5.74) is -0.436. The normalized spacial score (nSPS) is 17.5. The summed E-state index contributed by atoms with van der Waals surface area (Å²) in [4.78, 5) is 35.2. The van der Waals surface area contributed by atoms with Crippen molar-refractivity contribution in [3.05, 3.63) is 39.7 Å². The Balaban J connectivity index is 1.85. The zero-order chi connectivity index (χ0) is 22.8. The number of aliphatic hydroxyl groups is 1. The van der Waals surface area contributed by atoms with Gasteiger partial charge in [-0.3, -0.25) is 19.7 Å². The van der Waals surface area contributed by atoms with Gasteiger partial charge in [0.25, 0.3) is 5.69 Å². The number of carboxylic acid groups (broad SMARTS) is 1. The number of rotatable bonds is 13. The smallest absolute Gasteiger partial charge is 0.303 e. The Morgan fingerprint density at radius 2 is 2.03 bits per heavy atom. The Labute approximate surface area is 181 Å². The highest BCUT2D eigenvalue weighted by Gasteiger charge is 2.28. The monoisotopic (exact) mass is 438 g/mol. The van der Waals surface area contributed by atoms with Gasteiger partial charge in [-0.2, -0.15) is 0 Å². The van der Waals surface area contributed by atoms with E-state index in [2.05, 4.69) is 0 Å². The molecule has 1 amide bonds. The van der Waals surface area contributed by atoms with Crippen molar-refractivity contribution in [1.29, 1.82) is 0 Å². The predicted octanol–water partition coefficient (Wildman–Crippen LogP) is 3.83. The lowest BCUT2D eigenvalue weighted by atomic mass is 9.94. The van der Waals surface area contributed by atoms with E-state index < -0.39 is 22.8 Å². The second-order valence-corrected chi connectivity index (χ2v) is 8.12. The molecule has 1 fully saturated rings. The molecule has 9 heteroatoms. The molecule has 1 aliphatic rings. The Morgan fingerprint density at radius 1 is 1.29 bits per heavy atom. The minimum absolute atomic E-state index is 0.00877. The van der Waals surface area contributed by atoms with Gasteiger partial charge in [0.15, 0.2) is 0 Å². The highest BCUT2D eigenvalue weighted by atomic mass is 19.1. The van der Waals surface area contributed by atoms with Gasteiger partial charge in [0, 0.05) is 37.9 Å². The number of nitro benzene ring substituents is 1. The highest BCUT2D eigenvalue weighted by Crippen LogP contribution is 2.26. The second kappa shape index (κ2) is 12.3. The number of carbonyl (C=O) groups excluding carboxylic acids is 1. The fraction of sp³-hybridized carbons (Fsp3) is 0.636. The molecule has 172 valence electrons. The molecule has 2 rings (SSSR count). The van der Waals surface area contributed by atoms with Gasteiger partial charge in [0.2, 0.25) is 5.91 Å². The molecule has 1 heterocycles. The maximum atomic E-state index is 14.1. The van der Waals surface area contributed by atoms with Crippen LogP contribution in [-0.2, 0) is 16.0 Å². The number of aliphatic carboxylic acids is 1. The number of nitro groups is 1. The number of likely N-dealkylation sites (tertiary alicyclic amines) is 1. The van der Waals surface area contributed by atoms with Crippen molar-refractivity contribution < 1.29 is 29.1 Å². The van der Waals surface area contributed by atoms with E-state index >= 15 is 0 Å². The van der Waals surface area contributed by atoms with Crippen LogP contribution in [-0.4, -0.2) is 50.6 Å². The molecule has 1 aliphatic heterocycles. The number of carbonyl (C=O) groups is 2. The van der Waals surface area contributed by atoms with E-state index in [-0.39, 0.29) is 36.0 Å². The lowest BCUT2D eigenvalue weighted by Crippen LogP contribution is -2.44. The lowest BCUT2D eigenvalue weighted by molar-refractivity contribution is -0.385. The Morgan fingerprint density at radius 3 is 2.74 bits per heavy atom. The summed E-state index contributed by atoms with van der Waals surface area (Å²) in [7, 11) is 0. The summed E-state index contributed by atoms with van der Waals surface area (Å²) in [5, 5.41) is 30.2. The number of unbranched alkanes of at least 4 members (excludes halogenated alkanes) is 3. The third-order valence-electron chi connectivity index (χ3n) is 5.79. The van der Waals surface area contributed by atoms with E-state index in [0.29, 0.717) is 32.2 Å². The van der Waals surface area contributed by atoms with E-state index in [1.165, 1.54) is 12.1 Å². The van der Waals surface area contributed by atoms with Crippen molar-refractivity contribution in [2.75, 3.05) is 6.54 Å². The molecular formula is C22H31FN2O6. The fourth-order valence-electron chi connectivity index (χ4n) is 4.15. The van der Waals surface area contributed by atoms with Gasteiger partial charge in [-0.15, -0.1) is 0 Å². The number of carboxylic acids is 1. The molecular weight excluding hydrogens is 407 g/mol.